The SMILES string of the molecule is C=C1CC[C@H](O[Si](C)(C)C(C)(C)C)C/C1=C/C=C1\CCC[C@]2(C)[C@@H]([C@H](C)CCCC(C)(C)O)CC[C@@H]12. The van der Waals surface area contributed by atoms with Crippen molar-refractivity contribution in [1.29, 1.82) is 0 Å². The van der Waals surface area contributed by atoms with Gasteiger partial charge < -0.3 is 9.53 Å². The first kappa shape index (κ1) is 29.9. The third-order valence-electron chi connectivity index (χ3n) is 10.6. The standard InChI is InChI=1S/C33H58O2Si/c1-24-15-18-28(35-36(9,10)31(3,4)5)23-27(24)17-16-26-14-12-22-33(8)29(19-20-30(26)33)25(2)13-11-21-32(6,7)34/h16-17,25,28-30,34H,1,11-15,18-23H2,2-10H3/b26-16+,27-17-/t25-,28+,29-,30+,33-/m1/s1. The van der Waals surface area contributed by atoms with Gasteiger partial charge in [-0.05, 0) is 119 Å². The van der Waals surface area contributed by atoms with E-state index in [2.05, 4.69) is 66.4 Å². The van der Waals surface area contributed by atoms with Crippen molar-refractivity contribution in [3.63, 3.8) is 0 Å². The summed E-state index contributed by atoms with van der Waals surface area (Å²) < 4.78 is 6.81. The Morgan fingerprint density at radius 3 is 2.44 bits per heavy atom. The van der Waals surface area contributed by atoms with Crippen LogP contribution in [0.4, 0.5) is 0 Å². The monoisotopic (exact) mass is 514 g/mol. The Hall–Kier alpha value is -0.643. The smallest absolute Gasteiger partial charge is 0.192 e. The average Bonchev–Trinajstić information content (AvgIpc) is 3.09. The number of hydrogen-bond donors (Lipinski definition) is 1. The van der Waals surface area contributed by atoms with Gasteiger partial charge in [-0.25, -0.2) is 0 Å². The van der Waals surface area contributed by atoms with Gasteiger partial charge >= 0.3 is 0 Å². The average molecular weight is 515 g/mol. The maximum Gasteiger partial charge on any atom is 0.192 e. The number of fused-ring (bicyclic) bond motifs is 1. The van der Waals surface area contributed by atoms with Gasteiger partial charge in [-0.2, -0.15) is 0 Å². The van der Waals surface area contributed by atoms with Crippen LogP contribution in [0.2, 0.25) is 18.1 Å². The van der Waals surface area contributed by atoms with Crippen molar-refractivity contribution in [2.24, 2.45) is 23.2 Å². The molecular formula is C33H58O2Si. The molecule has 0 aromatic heterocycles. The Balaban J connectivity index is 1.69. The molecule has 3 aliphatic rings. The Labute approximate surface area is 225 Å². The summed E-state index contributed by atoms with van der Waals surface area (Å²) in [6, 6.07) is 0. The normalized spacial score (nSPS) is 33.3. The second kappa shape index (κ2) is 11.2. The molecule has 5 atom stereocenters. The highest BCUT2D eigenvalue weighted by molar-refractivity contribution is 6.74. The van der Waals surface area contributed by atoms with Crippen molar-refractivity contribution >= 4 is 8.32 Å². The molecule has 36 heavy (non-hydrogen) atoms. The molecular weight excluding hydrogens is 456 g/mol. The topological polar surface area (TPSA) is 29.5 Å². The molecule has 0 heterocycles. The first-order chi connectivity index (χ1) is 16.5. The van der Waals surface area contributed by atoms with Gasteiger partial charge in [-0.1, -0.05) is 77.3 Å². The molecule has 0 aliphatic heterocycles. The zero-order chi connectivity index (χ0) is 26.9. The van der Waals surface area contributed by atoms with E-state index >= 15 is 0 Å². The van der Waals surface area contributed by atoms with Crippen LogP contribution in [0.1, 0.15) is 119 Å². The van der Waals surface area contributed by atoms with Gasteiger partial charge in [0.2, 0.25) is 0 Å². The Kier molecular flexibility index (Phi) is 9.33. The fourth-order valence-electron chi connectivity index (χ4n) is 7.35. The molecule has 0 radical (unpaired) electrons. The van der Waals surface area contributed by atoms with Gasteiger partial charge in [0.05, 0.1) is 5.60 Å². The molecule has 0 amide bonds. The van der Waals surface area contributed by atoms with Gasteiger partial charge in [-0.15, -0.1) is 0 Å². The fourth-order valence-corrected chi connectivity index (χ4v) is 8.74. The summed E-state index contributed by atoms with van der Waals surface area (Å²) in [6.07, 6.45) is 18.5. The molecule has 3 heteroatoms. The predicted molar refractivity (Wildman–Crippen MR) is 159 cm³/mol. The maximum absolute atomic E-state index is 10.1. The summed E-state index contributed by atoms with van der Waals surface area (Å²) in [5, 5.41) is 10.4. The van der Waals surface area contributed by atoms with E-state index in [1.807, 2.05) is 13.8 Å². The largest absolute Gasteiger partial charge is 0.414 e. The van der Waals surface area contributed by atoms with Crippen LogP contribution in [0.25, 0.3) is 0 Å². The lowest BCUT2D eigenvalue weighted by atomic mass is 9.60. The molecule has 0 saturated heterocycles. The van der Waals surface area contributed by atoms with Crippen molar-refractivity contribution in [1.82, 2.24) is 0 Å². The molecule has 0 spiro atoms. The minimum atomic E-state index is -1.75. The van der Waals surface area contributed by atoms with Gasteiger partial charge in [0.1, 0.15) is 0 Å². The highest BCUT2D eigenvalue weighted by Crippen LogP contribution is 2.60. The summed E-state index contributed by atoms with van der Waals surface area (Å²) in [5.74, 6) is 2.29. The van der Waals surface area contributed by atoms with Crippen molar-refractivity contribution in [2.45, 2.75) is 149 Å². The molecule has 3 fully saturated rings. The van der Waals surface area contributed by atoms with Crippen LogP contribution >= 0.6 is 0 Å². The highest BCUT2D eigenvalue weighted by atomic mass is 28.4. The summed E-state index contributed by atoms with van der Waals surface area (Å²) in [4.78, 5) is 0. The number of allylic oxidation sites excluding steroid dienone is 4. The Bertz CT molecular complexity index is 837. The van der Waals surface area contributed by atoms with E-state index in [9.17, 15) is 5.11 Å². The molecule has 0 bridgehead atoms. The second-order valence-electron chi connectivity index (χ2n) is 15.1. The van der Waals surface area contributed by atoms with E-state index in [1.165, 1.54) is 49.7 Å². The molecule has 3 rings (SSSR count). The van der Waals surface area contributed by atoms with Gasteiger partial charge in [-0.3, -0.25) is 0 Å². The van der Waals surface area contributed by atoms with Crippen molar-refractivity contribution < 1.29 is 9.53 Å². The fraction of sp³-hybridized carbons (Fsp3) is 0.818. The van der Waals surface area contributed by atoms with Crippen LogP contribution in [0.15, 0.2) is 35.5 Å². The van der Waals surface area contributed by atoms with Gasteiger partial charge in [0, 0.05) is 6.10 Å². The maximum atomic E-state index is 10.1. The van der Waals surface area contributed by atoms with Gasteiger partial charge in [0.15, 0.2) is 8.32 Å². The van der Waals surface area contributed by atoms with E-state index in [4.69, 9.17) is 4.43 Å². The van der Waals surface area contributed by atoms with Crippen LogP contribution in [-0.4, -0.2) is 25.1 Å². The van der Waals surface area contributed by atoms with Crippen molar-refractivity contribution in [2.75, 3.05) is 0 Å². The van der Waals surface area contributed by atoms with Crippen LogP contribution in [0.5, 0.6) is 0 Å². The number of aliphatic hydroxyl groups is 1. The quantitative estimate of drug-likeness (QED) is 0.327. The van der Waals surface area contributed by atoms with E-state index in [-0.39, 0.29) is 5.04 Å². The molecule has 206 valence electrons. The molecule has 1 N–H and O–H groups in total. The minimum absolute atomic E-state index is 0.254. The Morgan fingerprint density at radius 2 is 1.81 bits per heavy atom. The summed E-state index contributed by atoms with van der Waals surface area (Å²) in [5.41, 5.74) is 4.36. The lowest BCUT2D eigenvalue weighted by Gasteiger charge is -2.44. The van der Waals surface area contributed by atoms with Crippen molar-refractivity contribution in [3.05, 3.63) is 35.5 Å². The first-order valence-corrected chi connectivity index (χ1v) is 17.9. The molecule has 2 nitrogen and oxygen atoms in total. The first-order valence-electron chi connectivity index (χ1n) is 15.0. The van der Waals surface area contributed by atoms with Crippen molar-refractivity contribution in [3.8, 4) is 0 Å². The predicted octanol–water partition coefficient (Wildman–Crippen LogP) is 9.76. The van der Waals surface area contributed by atoms with Crippen LogP contribution < -0.4 is 0 Å². The number of hydrogen-bond acceptors (Lipinski definition) is 2. The minimum Gasteiger partial charge on any atom is -0.414 e. The molecule has 3 aliphatic carbocycles. The third kappa shape index (κ3) is 7.06. The molecule has 3 saturated carbocycles. The second-order valence-corrected chi connectivity index (χ2v) is 19.8. The zero-order valence-electron chi connectivity index (χ0n) is 25.3. The Morgan fingerprint density at radius 1 is 1.11 bits per heavy atom. The van der Waals surface area contributed by atoms with E-state index in [0.29, 0.717) is 11.5 Å². The van der Waals surface area contributed by atoms with Crippen LogP contribution in [-0.2, 0) is 4.43 Å². The van der Waals surface area contributed by atoms with E-state index in [1.54, 1.807) is 5.57 Å². The molecule has 0 aromatic rings. The highest BCUT2D eigenvalue weighted by Gasteiger charge is 2.50. The number of rotatable bonds is 8. The van der Waals surface area contributed by atoms with E-state index in [0.717, 1.165) is 49.9 Å². The van der Waals surface area contributed by atoms with E-state index < -0.39 is 13.9 Å². The van der Waals surface area contributed by atoms with Gasteiger partial charge in [0.25, 0.3) is 0 Å². The summed E-state index contributed by atoms with van der Waals surface area (Å²) >= 11 is 0. The van der Waals surface area contributed by atoms with Crippen LogP contribution in [0.3, 0.4) is 0 Å². The van der Waals surface area contributed by atoms with Crippen LogP contribution in [0, 0.1) is 23.2 Å². The lowest BCUT2D eigenvalue weighted by Crippen LogP contribution is -2.44. The zero-order valence-corrected chi connectivity index (χ0v) is 26.3. The molecule has 0 aromatic carbocycles. The lowest BCUT2D eigenvalue weighted by molar-refractivity contribution is 0.0596. The third-order valence-corrected chi connectivity index (χ3v) is 15.1. The molecule has 0 unspecified atom stereocenters. The summed E-state index contributed by atoms with van der Waals surface area (Å²) in [7, 11) is -1.75. The summed E-state index contributed by atoms with van der Waals surface area (Å²) in [6.45, 7) is 25.2.